The fourth-order valence-electron chi connectivity index (χ4n) is 2.24. The van der Waals surface area contributed by atoms with Crippen LogP contribution in [0, 0.1) is 5.41 Å². The molecule has 0 radical (unpaired) electrons. The third kappa shape index (κ3) is 5.30. The maximum absolute atomic E-state index is 11.8. The molecule has 0 amide bonds. The Bertz CT molecular complexity index is 657. The zero-order chi connectivity index (χ0) is 18.4. The van der Waals surface area contributed by atoms with Crippen molar-refractivity contribution < 1.29 is 28.5 Å². The third-order valence-electron chi connectivity index (χ3n) is 3.56. The highest BCUT2D eigenvalue weighted by molar-refractivity contribution is 5.98. The summed E-state index contributed by atoms with van der Waals surface area (Å²) in [6, 6.07) is 7.22. The van der Waals surface area contributed by atoms with Crippen LogP contribution in [0.1, 0.15) is 25.7 Å². The van der Waals surface area contributed by atoms with Gasteiger partial charge >= 0.3 is 11.9 Å². The van der Waals surface area contributed by atoms with E-state index in [9.17, 15) is 9.59 Å². The van der Waals surface area contributed by atoms with E-state index in [4.69, 9.17) is 9.47 Å². The number of rotatable bonds is 5. The van der Waals surface area contributed by atoms with Gasteiger partial charge in [0, 0.05) is 16.7 Å². The summed E-state index contributed by atoms with van der Waals surface area (Å²) < 4.78 is 20.7. The second kappa shape index (κ2) is 8.13. The van der Waals surface area contributed by atoms with Gasteiger partial charge in [-0.25, -0.2) is 9.59 Å². The smallest absolute Gasteiger partial charge is 0.354 e. The van der Waals surface area contributed by atoms with E-state index in [2.05, 4.69) is 28.6 Å². The maximum Gasteiger partial charge on any atom is 0.354 e. The Morgan fingerprint density at radius 3 is 2.48 bits per heavy atom. The Balaban J connectivity index is 2.16. The predicted octanol–water partition coefficient (Wildman–Crippen LogP) is 2.40. The number of methoxy groups -OCH3 is 2. The molecule has 136 valence electrons. The molecule has 1 N–H and O–H groups in total. The Kier molecular flexibility index (Phi) is 6.17. The quantitative estimate of drug-likeness (QED) is 0.645. The first kappa shape index (κ1) is 19.0. The van der Waals surface area contributed by atoms with Crippen LogP contribution >= 0.6 is 0 Å². The molecule has 1 heterocycles. The lowest BCUT2D eigenvalue weighted by atomic mass is 9.95. The van der Waals surface area contributed by atoms with Crippen LogP contribution in [-0.4, -0.2) is 39.4 Å². The Morgan fingerprint density at radius 2 is 1.88 bits per heavy atom. The molecule has 0 saturated carbocycles. The van der Waals surface area contributed by atoms with Gasteiger partial charge in [-0.3, -0.25) is 0 Å². The lowest BCUT2D eigenvalue weighted by Crippen LogP contribution is -2.33. The summed E-state index contributed by atoms with van der Waals surface area (Å²) in [5.41, 5.74) is 1.35. The molecule has 0 atom stereocenters. The molecule has 25 heavy (non-hydrogen) atoms. The fraction of sp³-hybridized carbons (Fsp3) is 0.444. The number of hydrogen-bond acceptors (Lipinski definition) is 7. The molecule has 0 unspecified atom stereocenters. The first-order valence-corrected chi connectivity index (χ1v) is 7.83. The highest BCUT2D eigenvalue weighted by Gasteiger charge is 2.29. The van der Waals surface area contributed by atoms with Crippen LogP contribution in [0.3, 0.4) is 0 Å². The predicted molar refractivity (Wildman–Crippen MR) is 90.6 cm³/mol. The first-order valence-electron chi connectivity index (χ1n) is 7.83. The van der Waals surface area contributed by atoms with Crippen molar-refractivity contribution in [3.05, 3.63) is 41.6 Å². The minimum Gasteiger partial charge on any atom is -0.466 e. The molecule has 1 aromatic rings. The third-order valence-corrected chi connectivity index (χ3v) is 3.56. The van der Waals surface area contributed by atoms with Crippen molar-refractivity contribution in [3.8, 4) is 0 Å². The SMILES string of the molecule is COC(=O)/C=C(/Nc1cccc(C2OCC(C)(C)CO2)c1)C(=O)OC. The molecule has 0 spiro atoms. The van der Waals surface area contributed by atoms with Gasteiger partial charge in [-0.1, -0.05) is 26.0 Å². The van der Waals surface area contributed by atoms with E-state index in [0.29, 0.717) is 18.9 Å². The fourth-order valence-corrected chi connectivity index (χ4v) is 2.24. The number of benzene rings is 1. The zero-order valence-electron chi connectivity index (χ0n) is 14.8. The van der Waals surface area contributed by atoms with E-state index in [1.165, 1.54) is 14.2 Å². The van der Waals surface area contributed by atoms with E-state index < -0.39 is 18.2 Å². The second-order valence-corrected chi connectivity index (χ2v) is 6.44. The number of carbonyl (C=O) groups is 2. The molecular weight excluding hydrogens is 326 g/mol. The average molecular weight is 349 g/mol. The van der Waals surface area contributed by atoms with Crippen LogP contribution in [-0.2, 0) is 28.5 Å². The van der Waals surface area contributed by atoms with Crippen LogP contribution in [0.15, 0.2) is 36.0 Å². The zero-order valence-corrected chi connectivity index (χ0v) is 14.8. The molecule has 1 aliphatic rings. The molecule has 0 aliphatic carbocycles. The number of carbonyl (C=O) groups excluding carboxylic acids is 2. The largest absolute Gasteiger partial charge is 0.466 e. The van der Waals surface area contributed by atoms with Crippen molar-refractivity contribution in [2.24, 2.45) is 5.41 Å². The van der Waals surface area contributed by atoms with E-state index in [1.54, 1.807) is 18.2 Å². The Morgan fingerprint density at radius 1 is 1.20 bits per heavy atom. The van der Waals surface area contributed by atoms with Gasteiger partial charge in [-0.15, -0.1) is 0 Å². The molecule has 1 aromatic carbocycles. The summed E-state index contributed by atoms with van der Waals surface area (Å²) in [6.45, 7) is 5.32. The summed E-state index contributed by atoms with van der Waals surface area (Å²) >= 11 is 0. The minimum absolute atomic E-state index is 0.0202. The molecule has 1 aliphatic heterocycles. The summed E-state index contributed by atoms with van der Waals surface area (Å²) in [7, 11) is 2.46. The number of hydrogen-bond donors (Lipinski definition) is 1. The van der Waals surface area contributed by atoms with Gasteiger partial charge in [0.15, 0.2) is 6.29 Å². The maximum atomic E-state index is 11.8. The van der Waals surface area contributed by atoms with Crippen LogP contribution in [0.5, 0.6) is 0 Å². The standard InChI is InChI=1S/C18H23NO6/c1-18(2)10-24-17(25-11-18)12-6-5-7-13(8-12)19-14(16(21)23-4)9-15(20)22-3/h5-9,17,19H,10-11H2,1-4H3/b14-9+. The van der Waals surface area contributed by atoms with Crippen molar-refractivity contribution in [1.82, 2.24) is 0 Å². The molecule has 7 heteroatoms. The summed E-state index contributed by atoms with van der Waals surface area (Å²) in [6.07, 6.45) is 0.565. The normalized spacial score (nSPS) is 17.7. The topological polar surface area (TPSA) is 83.1 Å². The molecule has 0 bridgehead atoms. The molecule has 2 rings (SSSR count). The van der Waals surface area contributed by atoms with Crippen LogP contribution in [0.4, 0.5) is 5.69 Å². The molecule has 1 fully saturated rings. The Labute approximate surface area is 146 Å². The Hall–Kier alpha value is -2.38. The van der Waals surface area contributed by atoms with E-state index in [1.807, 2.05) is 6.07 Å². The number of esters is 2. The van der Waals surface area contributed by atoms with Crippen LogP contribution < -0.4 is 5.32 Å². The van der Waals surface area contributed by atoms with Crippen LogP contribution in [0.2, 0.25) is 0 Å². The number of nitrogens with one attached hydrogen (secondary N) is 1. The number of ether oxygens (including phenoxy) is 4. The molecular formula is C18H23NO6. The van der Waals surface area contributed by atoms with Crippen molar-refractivity contribution in [2.45, 2.75) is 20.1 Å². The number of anilines is 1. The van der Waals surface area contributed by atoms with E-state index in [-0.39, 0.29) is 11.1 Å². The summed E-state index contributed by atoms with van der Waals surface area (Å²) in [5, 5.41) is 2.87. The highest BCUT2D eigenvalue weighted by atomic mass is 16.7. The van der Waals surface area contributed by atoms with E-state index in [0.717, 1.165) is 11.6 Å². The molecule has 1 saturated heterocycles. The van der Waals surface area contributed by atoms with Gasteiger partial charge in [-0.2, -0.15) is 0 Å². The average Bonchev–Trinajstić information content (AvgIpc) is 2.60. The molecule has 0 aromatic heterocycles. The van der Waals surface area contributed by atoms with Gasteiger partial charge in [0.2, 0.25) is 0 Å². The highest BCUT2D eigenvalue weighted by Crippen LogP contribution is 2.32. The van der Waals surface area contributed by atoms with Crippen molar-refractivity contribution in [3.63, 3.8) is 0 Å². The molecule has 7 nitrogen and oxygen atoms in total. The van der Waals surface area contributed by atoms with Crippen molar-refractivity contribution in [2.75, 3.05) is 32.8 Å². The summed E-state index contributed by atoms with van der Waals surface area (Å²) in [4.78, 5) is 23.2. The minimum atomic E-state index is -0.678. The van der Waals surface area contributed by atoms with Gasteiger partial charge < -0.3 is 24.3 Å². The van der Waals surface area contributed by atoms with Crippen molar-refractivity contribution >= 4 is 17.6 Å². The van der Waals surface area contributed by atoms with Gasteiger partial charge in [0.1, 0.15) is 5.70 Å². The first-order chi connectivity index (χ1) is 11.8. The van der Waals surface area contributed by atoms with Gasteiger partial charge in [-0.05, 0) is 12.1 Å². The lowest BCUT2D eigenvalue weighted by molar-refractivity contribution is -0.226. The monoisotopic (exact) mass is 349 g/mol. The van der Waals surface area contributed by atoms with Crippen LogP contribution in [0.25, 0.3) is 0 Å². The van der Waals surface area contributed by atoms with Gasteiger partial charge in [0.05, 0.1) is 33.5 Å². The van der Waals surface area contributed by atoms with Gasteiger partial charge in [0.25, 0.3) is 0 Å². The van der Waals surface area contributed by atoms with E-state index >= 15 is 0 Å². The summed E-state index contributed by atoms with van der Waals surface area (Å²) in [5.74, 6) is -1.34. The lowest BCUT2D eigenvalue weighted by Gasteiger charge is -2.34. The van der Waals surface area contributed by atoms with Crippen molar-refractivity contribution in [1.29, 1.82) is 0 Å². The second-order valence-electron chi connectivity index (χ2n) is 6.44.